The van der Waals surface area contributed by atoms with Crippen LogP contribution in [0.2, 0.25) is 0 Å². The molecule has 0 radical (unpaired) electrons. The Hall–Kier alpha value is -1.88. The second-order valence-corrected chi connectivity index (χ2v) is 5.07. The van der Waals surface area contributed by atoms with Gasteiger partial charge in [0.05, 0.1) is 0 Å². The number of nitrogens with one attached hydrogen (secondary N) is 1. The van der Waals surface area contributed by atoms with Gasteiger partial charge in [-0.15, -0.1) is 11.3 Å². The summed E-state index contributed by atoms with van der Waals surface area (Å²) in [5, 5.41) is 15.9. The number of rotatable bonds is 5. The summed E-state index contributed by atoms with van der Waals surface area (Å²) in [6.07, 6.45) is 0. The number of benzene rings is 1. The van der Waals surface area contributed by atoms with Crippen molar-refractivity contribution < 1.29 is 4.92 Å². The van der Waals surface area contributed by atoms with Crippen molar-refractivity contribution in [3.63, 3.8) is 0 Å². The lowest BCUT2D eigenvalue weighted by molar-refractivity contribution is -0.482. The SMILES string of the molecule is Cc1ccc(NC(C[N+](=O)[O-])c2cccs2)cc1. The Kier molecular flexibility index (Phi) is 3.94. The molecule has 1 aromatic carbocycles. The largest absolute Gasteiger partial charge is 0.372 e. The molecule has 1 unspecified atom stereocenters. The summed E-state index contributed by atoms with van der Waals surface area (Å²) < 4.78 is 0. The molecule has 5 heteroatoms. The molecule has 0 aliphatic heterocycles. The summed E-state index contributed by atoms with van der Waals surface area (Å²) in [7, 11) is 0. The smallest absolute Gasteiger partial charge is 0.228 e. The Labute approximate surface area is 109 Å². The van der Waals surface area contributed by atoms with E-state index in [1.807, 2.05) is 48.7 Å². The lowest BCUT2D eigenvalue weighted by Crippen LogP contribution is -2.19. The topological polar surface area (TPSA) is 55.2 Å². The van der Waals surface area contributed by atoms with E-state index in [4.69, 9.17) is 0 Å². The van der Waals surface area contributed by atoms with Crippen LogP contribution in [0.3, 0.4) is 0 Å². The summed E-state index contributed by atoms with van der Waals surface area (Å²) >= 11 is 1.53. The van der Waals surface area contributed by atoms with Crippen LogP contribution in [0.15, 0.2) is 41.8 Å². The van der Waals surface area contributed by atoms with Gasteiger partial charge in [0.15, 0.2) is 0 Å². The first-order chi connectivity index (χ1) is 8.65. The van der Waals surface area contributed by atoms with Crippen LogP contribution in [0.4, 0.5) is 5.69 Å². The standard InChI is InChI=1S/C13H14N2O2S/c1-10-4-6-11(7-5-10)14-12(9-15(16)17)13-3-2-8-18-13/h2-8,12,14H,9H2,1H3. The van der Waals surface area contributed by atoms with Crippen molar-refractivity contribution in [2.75, 3.05) is 11.9 Å². The van der Waals surface area contributed by atoms with Crippen LogP contribution < -0.4 is 5.32 Å². The number of anilines is 1. The van der Waals surface area contributed by atoms with Crippen LogP contribution in [0.25, 0.3) is 0 Å². The molecule has 94 valence electrons. The summed E-state index contributed by atoms with van der Waals surface area (Å²) in [5.74, 6) is 0. The molecule has 4 nitrogen and oxygen atoms in total. The van der Waals surface area contributed by atoms with E-state index < -0.39 is 0 Å². The van der Waals surface area contributed by atoms with E-state index in [9.17, 15) is 10.1 Å². The van der Waals surface area contributed by atoms with Crippen molar-refractivity contribution in [1.29, 1.82) is 0 Å². The van der Waals surface area contributed by atoms with Gasteiger partial charge in [0.2, 0.25) is 6.54 Å². The van der Waals surface area contributed by atoms with Crippen molar-refractivity contribution in [2.24, 2.45) is 0 Å². The highest BCUT2D eigenvalue weighted by Gasteiger charge is 2.18. The van der Waals surface area contributed by atoms with E-state index >= 15 is 0 Å². The zero-order valence-corrected chi connectivity index (χ0v) is 10.8. The van der Waals surface area contributed by atoms with Gasteiger partial charge in [-0.2, -0.15) is 0 Å². The van der Waals surface area contributed by atoms with Gasteiger partial charge in [-0.05, 0) is 30.5 Å². The molecular formula is C13H14N2O2S. The van der Waals surface area contributed by atoms with Crippen molar-refractivity contribution in [3.8, 4) is 0 Å². The molecule has 0 spiro atoms. The Balaban J connectivity index is 2.15. The van der Waals surface area contributed by atoms with Gasteiger partial charge in [-0.1, -0.05) is 23.8 Å². The second kappa shape index (κ2) is 5.64. The second-order valence-electron chi connectivity index (χ2n) is 4.09. The van der Waals surface area contributed by atoms with Gasteiger partial charge in [-0.25, -0.2) is 0 Å². The molecule has 0 saturated heterocycles. The molecule has 0 aliphatic carbocycles. The summed E-state index contributed by atoms with van der Waals surface area (Å²) in [6, 6.07) is 11.4. The Morgan fingerprint density at radius 2 is 2.06 bits per heavy atom. The first kappa shape index (κ1) is 12.6. The van der Waals surface area contributed by atoms with Crippen LogP contribution in [0.5, 0.6) is 0 Å². The molecule has 2 rings (SSSR count). The maximum absolute atomic E-state index is 10.7. The molecule has 1 heterocycles. The third kappa shape index (κ3) is 3.30. The van der Waals surface area contributed by atoms with Gasteiger partial charge in [0.25, 0.3) is 0 Å². The zero-order chi connectivity index (χ0) is 13.0. The monoisotopic (exact) mass is 262 g/mol. The number of nitrogens with zero attached hydrogens (tertiary/aromatic N) is 1. The first-order valence-corrected chi connectivity index (χ1v) is 6.51. The van der Waals surface area contributed by atoms with E-state index in [2.05, 4.69) is 5.32 Å². The fourth-order valence-corrected chi connectivity index (χ4v) is 2.47. The predicted molar refractivity (Wildman–Crippen MR) is 73.7 cm³/mol. The third-order valence-electron chi connectivity index (χ3n) is 2.61. The first-order valence-electron chi connectivity index (χ1n) is 5.63. The molecule has 2 aromatic rings. The van der Waals surface area contributed by atoms with Gasteiger partial charge in [-0.3, -0.25) is 10.1 Å². The maximum atomic E-state index is 10.7. The molecule has 0 saturated carbocycles. The number of hydrogen-bond acceptors (Lipinski definition) is 4. The lowest BCUT2D eigenvalue weighted by Gasteiger charge is -2.15. The fraction of sp³-hybridized carbons (Fsp3) is 0.231. The van der Waals surface area contributed by atoms with Crippen molar-refractivity contribution in [2.45, 2.75) is 13.0 Å². The zero-order valence-electron chi connectivity index (χ0n) is 10.00. The molecule has 1 aromatic heterocycles. The minimum Gasteiger partial charge on any atom is -0.372 e. The minimum absolute atomic E-state index is 0.117. The Morgan fingerprint density at radius 1 is 1.33 bits per heavy atom. The molecule has 0 amide bonds. The average molecular weight is 262 g/mol. The molecular weight excluding hydrogens is 248 g/mol. The van der Waals surface area contributed by atoms with E-state index in [0.29, 0.717) is 0 Å². The van der Waals surface area contributed by atoms with Crippen molar-refractivity contribution in [3.05, 3.63) is 62.3 Å². The van der Waals surface area contributed by atoms with E-state index in [1.165, 1.54) is 16.9 Å². The molecule has 18 heavy (non-hydrogen) atoms. The summed E-state index contributed by atoms with van der Waals surface area (Å²) in [5.41, 5.74) is 2.07. The van der Waals surface area contributed by atoms with Gasteiger partial charge < -0.3 is 5.32 Å². The summed E-state index contributed by atoms with van der Waals surface area (Å²) in [6.45, 7) is 1.89. The normalized spacial score (nSPS) is 12.1. The van der Waals surface area contributed by atoms with E-state index in [-0.39, 0.29) is 17.5 Å². The maximum Gasteiger partial charge on any atom is 0.228 e. The highest BCUT2D eigenvalue weighted by atomic mass is 32.1. The average Bonchev–Trinajstić information content (AvgIpc) is 2.84. The molecule has 0 fully saturated rings. The lowest BCUT2D eigenvalue weighted by atomic mass is 10.2. The number of nitro groups is 1. The molecule has 0 aliphatic rings. The van der Waals surface area contributed by atoms with Crippen LogP contribution >= 0.6 is 11.3 Å². The highest BCUT2D eigenvalue weighted by molar-refractivity contribution is 7.10. The molecule has 0 bridgehead atoms. The fourth-order valence-electron chi connectivity index (χ4n) is 1.70. The van der Waals surface area contributed by atoms with Crippen LogP contribution in [-0.2, 0) is 0 Å². The van der Waals surface area contributed by atoms with Crippen molar-refractivity contribution in [1.82, 2.24) is 0 Å². The van der Waals surface area contributed by atoms with Crippen LogP contribution in [0.1, 0.15) is 16.5 Å². The molecule has 1 N–H and O–H groups in total. The number of hydrogen-bond donors (Lipinski definition) is 1. The van der Waals surface area contributed by atoms with Gasteiger partial charge in [0, 0.05) is 15.5 Å². The quantitative estimate of drug-likeness (QED) is 0.663. The van der Waals surface area contributed by atoms with Crippen LogP contribution in [0, 0.1) is 17.0 Å². The van der Waals surface area contributed by atoms with Crippen LogP contribution in [-0.4, -0.2) is 11.5 Å². The van der Waals surface area contributed by atoms with Gasteiger partial charge >= 0.3 is 0 Å². The number of aryl methyl sites for hydroxylation is 1. The highest BCUT2D eigenvalue weighted by Crippen LogP contribution is 2.24. The summed E-state index contributed by atoms with van der Waals surface area (Å²) in [4.78, 5) is 11.4. The Bertz CT molecular complexity index is 508. The molecule has 1 atom stereocenters. The van der Waals surface area contributed by atoms with E-state index in [1.54, 1.807) is 0 Å². The predicted octanol–water partition coefficient (Wildman–Crippen LogP) is 3.49. The van der Waals surface area contributed by atoms with E-state index in [0.717, 1.165) is 10.6 Å². The van der Waals surface area contributed by atoms with Crippen molar-refractivity contribution >= 4 is 17.0 Å². The third-order valence-corrected chi connectivity index (χ3v) is 3.60. The minimum atomic E-state index is -0.286. The number of thiophene rings is 1. The van der Waals surface area contributed by atoms with Gasteiger partial charge in [0.1, 0.15) is 6.04 Å². The Morgan fingerprint density at radius 3 is 2.61 bits per heavy atom.